The standard InChI is InChI=1S/C16H20O2.U/c1-4-14(5-2)18-15-8-6-13(7-9-15)16(10-11-16)12(3)17;/h6-9,14H,1-2,4-5,10-11H2,3H3;/q-2;+2. The molecule has 0 saturated heterocycles. The Balaban J connectivity index is 0.00000180. The number of ketones is 1. The van der Waals surface area contributed by atoms with Crippen LogP contribution in [-0.2, 0) is 10.2 Å². The number of carbonyl (C=O) groups is 1. The molecule has 1 aromatic carbocycles. The Bertz CT molecular complexity index is 417. The quantitative estimate of drug-likeness (QED) is 0.581. The Kier molecular flexibility index (Phi) is 6.15. The van der Waals surface area contributed by atoms with Crippen LogP contribution in [0.1, 0.15) is 38.2 Å². The molecule has 0 N–H and O–H groups in total. The fourth-order valence-corrected chi connectivity index (χ4v) is 2.28. The minimum Gasteiger partial charge on any atom is -0.496 e. The minimum absolute atomic E-state index is 0. The van der Waals surface area contributed by atoms with Crippen LogP contribution in [-0.4, -0.2) is 11.9 Å². The summed E-state index contributed by atoms with van der Waals surface area (Å²) in [5.74, 6) is 1.10. The molecule has 0 bridgehead atoms. The monoisotopic (exact) mass is 482 g/mol. The maximum absolute atomic E-state index is 11.6. The van der Waals surface area contributed by atoms with Crippen LogP contribution in [0, 0.1) is 45.0 Å². The smallest absolute Gasteiger partial charge is 0.496 e. The van der Waals surface area contributed by atoms with Gasteiger partial charge in [-0.15, -0.1) is 12.8 Å². The molecule has 1 fully saturated rings. The van der Waals surface area contributed by atoms with Gasteiger partial charge in [-0.2, -0.15) is 0 Å². The summed E-state index contributed by atoms with van der Waals surface area (Å²) in [6.45, 7) is 9.35. The van der Waals surface area contributed by atoms with Crippen molar-refractivity contribution in [2.45, 2.75) is 44.1 Å². The van der Waals surface area contributed by atoms with E-state index in [2.05, 4.69) is 13.8 Å². The van der Waals surface area contributed by atoms with E-state index in [0.717, 1.165) is 24.2 Å². The van der Waals surface area contributed by atoms with Crippen molar-refractivity contribution in [1.82, 2.24) is 0 Å². The van der Waals surface area contributed by atoms with Crippen LogP contribution in [0.15, 0.2) is 24.3 Å². The van der Waals surface area contributed by atoms with Gasteiger partial charge in [0.2, 0.25) is 0 Å². The van der Waals surface area contributed by atoms with Gasteiger partial charge in [-0.05, 0) is 37.5 Å². The molecule has 0 aliphatic heterocycles. The molecular weight excluding hydrogens is 462 g/mol. The zero-order valence-electron chi connectivity index (χ0n) is 11.4. The van der Waals surface area contributed by atoms with E-state index in [4.69, 9.17) is 4.74 Å². The van der Waals surface area contributed by atoms with E-state index >= 15 is 0 Å². The Morgan fingerprint density at radius 1 is 1.26 bits per heavy atom. The molecule has 0 heterocycles. The van der Waals surface area contributed by atoms with Crippen molar-refractivity contribution in [3.63, 3.8) is 0 Å². The molecule has 1 saturated carbocycles. The molecule has 2 nitrogen and oxygen atoms in total. The summed E-state index contributed by atoms with van der Waals surface area (Å²) >= 11 is 0. The number of hydrogen-bond donors (Lipinski definition) is 0. The van der Waals surface area contributed by atoms with Gasteiger partial charge in [0, 0.05) is 6.10 Å². The first-order valence-corrected chi connectivity index (χ1v) is 6.49. The average Bonchev–Trinajstić information content (AvgIpc) is 3.18. The van der Waals surface area contributed by atoms with Crippen molar-refractivity contribution in [1.29, 1.82) is 0 Å². The summed E-state index contributed by atoms with van der Waals surface area (Å²) in [5.41, 5.74) is 0.916. The molecule has 1 aromatic rings. The van der Waals surface area contributed by atoms with Crippen LogP contribution >= 0.6 is 0 Å². The normalized spacial score (nSPS) is 15.8. The number of Topliss-reactive ketones (excluding diaryl/α,β-unsaturated/α-hetero) is 1. The average molecular weight is 482 g/mol. The first kappa shape index (κ1) is 16.8. The molecule has 2 rings (SSSR count). The van der Waals surface area contributed by atoms with Gasteiger partial charge in [0.25, 0.3) is 0 Å². The van der Waals surface area contributed by atoms with E-state index in [1.807, 2.05) is 24.3 Å². The SMILES string of the molecule is [CH2-]CC(C[CH2-])Oc1ccc(C2(C(C)=O)CC2)cc1.[U+2]. The molecular formula is C16H20O2U. The second-order valence-electron chi connectivity index (χ2n) is 4.98. The zero-order valence-corrected chi connectivity index (χ0v) is 15.6. The van der Waals surface area contributed by atoms with Crippen LogP contribution < -0.4 is 4.74 Å². The molecule has 0 atom stereocenters. The van der Waals surface area contributed by atoms with E-state index in [1.54, 1.807) is 6.92 Å². The van der Waals surface area contributed by atoms with Gasteiger partial charge in [-0.1, -0.05) is 12.1 Å². The second kappa shape index (κ2) is 6.95. The molecule has 100 valence electrons. The van der Waals surface area contributed by atoms with Gasteiger partial charge in [-0.25, -0.2) is 0 Å². The fraction of sp³-hybridized carbons (Fsp3) is 0.438. The molecule has 0 unspecified atom stereocenters. The summed E-state index contributed by atoms with van der Waals surface area (Å²) in [5, 5.41) is 0. The number of rotatable bonds is 6. The van der Waals surface area contributed by atoms with Crippen LogP contribution in [0.4, 0.5) is 0 Å². The van der Waals surface area contributed by atoms with Crippen molar-refractivity contribution in [2.24, 2.45) is 0 Å². The van der Waals surface area contributed by atoms with E-state index in [9.17, 15) is 4.79 Å². The van der Waals surface area contributed by atoms with E-state index in [-0.39, 0.29) is 48.4 Å². The molecule has 0 amide bonds. The Hall–Kier alpha value is -0.258. The van der Waals surface area contributed by atoms with Crippen LogP contribution in [0.2, 0.25) is 0 Å². The van der Waals surface area contributed by atoms with Crippen molar-refractivity contribution in [3.05, 3.63) is 43.7 Å². The van der Waals surface area contributed by atoms with Gasteiger partial charge in [0.15, 0.2) is 0 Å². The second-order valence-corrected chi connectivity index (χ2v) is 4.98. The third kappa shape index (κ3) is 3.64. The van der Waals surface area contributed by atoms with Gasteiger partial charge >= 0.3 is 31.1 Å². The minimum atomic E-state index is -0.198. The number of benzene rings is 1. The van der Waals surface area contributed by atoms with Crippen LogP contribution in [0.3, 0.4) is 0 Å². The number of carbonyl (C=O) groups excluding carboxylic acids is 1. The maximum Gasteiger partial charge on any atom is 2.00 e. The van der Waals surface area contributed by atoms with Crippen molar-refractivity contribution < 1.29 is 40.6 Å². The van der Waals surface area contributed by atoms with Crippen molar-refractivity contribution >= 4 is 5.78 Å². The Morgan fingerprint density at radius 2 is 1.79 bits per heavy atom. The first-order valence-electron chi connectivity index (χ1n) is 6.49. The predicted octanol–water partition coefficient (Wildman–Crippen LogP) is 3.50. The zero-order chi connectivity index (χ0) is 13.2. The van der Waals surface area contributed by atoms with Crippen molar-refractivity contribution in [3.8, 4) is 5.75 Å². The molecule has 1 aliphatic rings. The Morgan fingerprint density at radius 3 is 2.16 bits per heavy atom. The third-order valence-corrected chi connectivity index (χ3v) is 3.78. The Labute approximate surface area is 139 Å². The maximum atomic E-state index is 11.6. The van der Waals surface area contributed by atoms with Gasteiger partial charge in [0.05, 0.1) is 5.41 Å². The van der Waals surface area contributed by atoms with Gasteiger partial charge in [0.1, 0.15) is 11.5 Å². The third-order valence-electron chi connectivity index (χ3n) is 3.78. The summed E-state index contributed by atoms with van der Waals surface area (Å²) in [6.07, 6.45) is 3.44. The van der Waals surface area contributed by atoms with Gasteiger partial charge < -0.3 is 18.6 Å². The summed E-state index contributed by atoms with van der Waals surface area (Å²) in [7, 11) is 0. The number of hydrogen-bond acceptors (Lipinski definition) is 2. The molecule has 3 heteroatoms. The van der Waals surface area contributed by atoms with Crippen LogP contribution in [0.5, 0.6) is 5.75 Å². The summed E-state index contributed by atoms with van der Waals surface area (Å²) < 4.78 is 5.75. The van der Waals surface area contributed by atoms with E-state index in [0.29, 0.717) is 12.8 Å². The first-order chi connectivity index (χ1) is 8.62. The fourth-order valence-electron chi connectivity index (χ4n) is 2.28. The number of ether oxygens (including phenoxy) is 1. The topological polar surface area (TPSA) is 26.3 Å². The van der Waals surface area contributed by atoms with Crippen molar-refractivity contribution in [2.75, 3.05) is 0 Å². The van der Waals surface area contributed by atoms with E-state index in [1.165, 1.54) is 0 Å². The summed E-state index contributed by atoms with van der Waals surface area (Å²) in [6, 6.07) is 7.90. The van der Waals surface area contributed by atoms with E-state index < -0.39 is 0 Å². The summed E-state index contributed by atoms with van der Waals surface area (Å²) in [4.78, 5) is 11.6. The van der Waals surface area contributed by atoms with Crippen LogP contribution in [0.25, 0.3) is 0 Å². The molecule has 1 aliphatic carbocycles. The van der Waals surface area contributed by atoms with Gasteiger partial charge in [-0.3, -0.25) is 4.79 Å². The molecule has 0 radical (unpaired) electrons. The largest absolute Gasteiger partial charge is 2.00 e. The molecule has 0 spiro atoms. The predicted molar refractivity (Wildman–Crippen MR) is 72.4 cm³/mol. The molecule has 0 aromatic heterocycles. The molecule has 19 heavy (non-hydrogen) atoms.